The second kappa shape index (κ2) is 6.18. The number of nitrogens with one attached hydrogen (secondary N) is 1. The van der Waals surface area contributed by atoms with Crippen molar-refractivity contribution in [2.24, 2.45) is 11.7 Å². The molecule has 0 radical (unpaired) electrons. The highest BCUT2D eigenvalue weighted by Gasteiger charge is 2.55. The maximum absolute atomic E-state index is 12.8. The van der Waals surface area contributed by atoms with Crippen LogP contribution in [0.4, 0.5) is 5.69 Å². The standard InChI is InChI=1S/C18H25N3O3/c1-11(2)7-14(19)16(23)21-10-18(8-12(21)9-22)13-5-3-4-6-15(13)20-17(18)24/h3-6,11-12,14,22H,7-10,19H2,1-2H3,(H,20,24)/t12-,14-,18-/m0/s1. The predicted octanol–water partition coefficient (Wildman–Crippen LogP) is 0.843. The van der Waals surface area contributed by atoms with Crippen LogP contribution in [0, 0.1) is 5.92 Å². The van der Waals surface area contributed by atoms with Gasteiger partial charge in [0.2, 0.25) is 11.8 Å². The molecule has 1 aromatic carbocycles. The molecule has 2 heterocycles. The predicted molar refractivity (Wildman–Crippen MR) is 91.4 cm³/mol. The third kappa shape index (κ3) is 2.59. The van der Waals surface area contributed by atoms with Crippen LogP contribution in [0.1, 0.15) is 32.3 Å². The zero-order valence-electron chi connectivity index (χ0n) is 14.2. The second-order valence-corrected chi connectivity index (χ2v) is 7.32. The Morgan fingerprint density at radius 1 is 1.46 bits per heavy atom. The molecule has 1 fully saturated rings. The Balaban J connectivity index is 1.90. The van der Waals surface area contributed by atoms with E-state index in [1.807, 2.05) is 38.1 Å². The number of carbonyl (C=O) groups is 2. The molecular weight excluding hydrogens is 306 g/mol. The Bertz CT molecular complexity index is 661. The lowest BCUT2D eigenvalue weighted by Crippen LogP contribution is -2.48. The van der Waals surface area contributed by atoms with Gasteiger partial charge in [0, 0.05) is 12.2 Å². The number of benzene rings is 1. The van der Waals surface area contributed by atoms with Crippen LogP contribution >= 0.6 is 0 Å². The number of carbonyl (C=O) groups excluding carboxylic acids is 2. The highest BCUT2D eigenvalue weighted by molar-refractivity contribution is 6.07. The van der Waals surface area contributed by atoms with Crippen molar-refractivity contribution >= 4 is 17.5 Å². The summed E-state index contributed by atoms with van der Waals surface area (Å²) in [5, 5.41) is 12.7. The number of para-hydroxylation sites is 1. The molecule has 6 heteroatoms. The van der Waals surface area contributed by atoms with Crippen LogP contribution in [0.15, 0.2) is 24.3 Å². The quantitative estimate of drug-likeness (QED) is 0.762. The number of nitrogens with two attached hydrogens (primary N) is 1. The van der Waals surface area contributed by atoms with E-state index in [1.54, 1.807) is 4.90 Å². The zero-order valence-corrected chi connectivity index (χ0v) is 14.2. The van der Waals surface area contributed by atoms with E-state index >= 15 is 0 Å². The summed E-state index contributed by atoms with van der Waals surface area (Å²) >= 11 is 0. The number of fused-ring (bicyclic) bond motifs is 2. The fraction of sp³-hybridized carbons (Fsp3) is 0.556. The van der Waals surface area contributed by atoms with Crippen molar-refractivity contribution in [2.75, 3.05) is 18.5 Å². The number of nitrogens with zero attached hydrogens (tertiary/aromatic N) is 1. The van der Waals surface area contributed by atoms with E-state index in [-0.39, 0.29) is 31.0 Å². The third-order valence-electron chi connectivity index (χ3n) is 5.13. The molecule has 0 unspecified atom stereocenters. The summed E-state index contributed by atoms with van der Waals surface area (Å²) < 4.78 is 0. The molecule has 4 N–H and O–H groups in total. The van der Waals surface area contributed by atoms with Crippen LogP contribution in [0.25, 0.3) is 0 Å². The van der Waals surface area contributed by atoms with E-state index in [2.05, 4.69) is 5.32 Å². The van der Waals surface area contributed by atoms with Crippen molar-refractivity contribution in [1.82, 2.24) is 4.90 Å². The van der Waals surface area contributed by atoms with E-state index in [1.165, 1.54) is 0 Å². The van der Waals surface area contributed by atoms with Crippen LogP contribution in [-0.2, 0) is 15.0 Å². The lowest BCUT2D eigenvalue weighted by molar-refractivity contribution is -0.134. The largest absolute Gasteiger partial charge is 0.394 e. The number of aliphatic hydroxyl groups excluding tert-OH is 1. The number of anilines is 1. The summed E-state index contributed by atoms with van der Waals surface area (Å²) in [5.74, 6) is 0.0234. The van der Waals surface area contributed by atoms with Crippen molar-refractivity contribution in [2.45, 2.75) is 44.2 Å². The van der Waals surface area contributed by atoms with Crippen LogP contribution in [0.3, 0.4) is 0 Å². The van der Waals surface area contributed by atoms with Crippen molar-refractivity contribution in [3.63, 3.8) is 0 Å². The van der Waals surface area contributed by atoms with Gasteiger partial charge in [0.1, 0.15) is 0 Å². The second-order valence-electron chi connectivity index (χ2n) is 7.32. The lowest BCUT2D eigenvalue weighted by Gasteiger charge is -2.27. The van der Waals surface area contributed by atoms with Crippen molar-refractivity contribution < 1.29 is 14.7 Å². The van der Waals surface area contributed by atoms with Crippen molar-refractivity contribution in [3.05, 3.63) is 29.8 Å². The van der Waals surface area contributed by atoms with Gasteiger partial charge in [-0.05, 0) is 30.4 Å². The Morgan fingerprint density at radius 3 is 2.83 bits per heavy atom. The topological polar surface area (TPSA) is 95.7 Å². The summed E-state index contributed by atoms with van der Waals surface area (Å²) in [7, 11) is 0. The Kier molecular flexibility index (Phi) is 4.36. The molecule has 3 atom stereocenters. The van der Waals surface area contributed by atoms with Crippen molar-refractivity contribution in [1.29, 1.82) is 0 Å². The summed E-state index contributed by atoms with van der Waals surface area (Å²) in [5.41, 5.74) is 6.97. The molecule has 130 valence electrons. The highest BCUT2D eigenvalue weighted by atomic mass is 16.3. The highest BCUT2D eigenvalue weighted by Crippen LogP contribution is 2.46. The van der Waals surface area contributed by atoms with E-state index in [0.717, 1.165) is 11.3 Å². The number of rotatable bonds is 4. The molecule has 1 aromatic rings. The Morgan fingerprint density at radius 2 is 2.17 bits per heavy atom. The van der Waals surface area contributed by atoms with E-state index < -0.39 is 11.5 Å². The molecule has 24 heavy (non-hydrogen) atoms. The van der Waals surface area contributed by atoms with E-state index in [9.17, 15) is 14.7 Å². The molecule has 2 aliphatic rings. The first-order valence-electron chi connectivity index (χ1n) is 8.47. The van der Waals surface area contributed by atoms with Gasteiger partial charge in [-0.3, -0.25) is 9.59 Å². The molecule has 0 aliphatic carbocycles. The monoisotopic (exact) mass is 331 g/mol. The van der Waals surface area contributed by atoms with Gasteiger partial charge >= 0.3 is 0 Å². The molecule has 2 aliphatic heterocycles. The minimum atomic E-state index is -0.781. The molecule has 1 saturated heterocycles. The van der Waals surface area contributed by atoms with Gasteiger partial charge in [-0.15, -0.1) is 0 Å². The average Bonchev–Trinajstić information content (AvgIpc) is 3.06. The van der Waals surface area contributed by atoms with Crippen LogP contribution in [-0.4, -0.2) is 47.1 Å². The molecule has 2 amide bonds. The van der Waals surface area contributed by atoms with Crippen LogP contribution < -0.4 is 11.1 Å². The summed E-state index contributed by atoms with van der Waals surface area (Å²) in [6.45, 7) is 4.13. The molecule has 1 spiro atoms. The number of hydrogen-bond donors (Lipinski definition) is 3. The Hall–Kier alpha value is -1.92. The molecule has 3 rings (SSSR count). The molecule has 0 saturated carbocycles. The number of likely N-dealkylation sites (tertiary alicyclic amines) is 1. The number of amides is 2. The first-order valence-corrected chi connectivity index (χ1v) is 8.47. The third-order valence-corrected chi connectivity index (χ3v) is 5.13. The minimum Gasteiger partial charge on any atom is -0.394 e. The Labute approximate surface area is 142 Å². The molecule has 6 nitrogen and oxygen atoms in total. The minimum absolute atomic E-state index is 0.102. The van der Waals surface area contributed by atoms with Gasteiger partial charge < -0.3 is 21.1 Å². The number of hydrogen-bond acceptors (Lipinski definition) is 4. The smallest absolute Gasteiger partial charge is 0.239 e. The molecular formula is C18H25N3O3. The summed E-state index contributed by atoms with van der Waals surface area (Å²) in [6, 6.07) is 6.57. The van der Waals surface area contributed by atoms with E-state index in [4.69, 9.17) is 5.73 Å². The molecule has 0 aromatic heterocycles. The van der Waals surface area contributed by atoms with Gasteiger partial charge in [0.25, 0.3) is 0 Å². The SMILES string of the molecule is CC(C)C[C@H](N)C(=O)N1C[C@]2(C[C@H]1CO)C(=O)Nc1ccccc12. The maximum atomic E-state index is 12.8. The van der Waals surface area contributed by atoms with Crippen LogP contribution in [0.2, 0.25) is 0 Å². The fourth-order valence-corrected chi connectivity index (χ4v) is 3.97. The van der Waals surface area contributed by atoms with E-state index in [0.29, 0.717) is 18.8 Å². The van der Waals surface area contributed by atoms with Gasteiger partial charge in [-0.2, -0.15) is 0 Å². The maximum Gasteiger partial charge on any atom is 0.239 e. The van der Waals surface area contributed by atoms with Gasteiger partial charge in [-0.1, -0.05) is 32.0 Å². The fourth-order valence-electron chi connectivity index (χ4n) is 3.97. The van der Waals surface area contributed by atoms with Crippen molar-refractivity contribution in [3.8, 4) is 0 Å². The zero-order chi connectivity index (χ0) is 17.5. The number of aliphatic hydroxyl groups is 1. The van der Waals surface area contributed by atoms with Gasteiger partial charge in [0.15, 0.2) is 0 Å². The average molecular weight is 331 g/mol. The first-order chi connectivity index (χ1) is 11.4. The first kappa shape index (κ1) is 16.9. The summed E-state index contributed by atoms with van der Waals surface area (Å²) in [6.07, 6.45) is 1.01. The summed E-state index contributed by atoms with van der Waals surface area (Å²) in [4.78, 5) is 27.0. The molecule has 0 bridgehead atoms. The van der Waals surface area contributed by atoms with Crippen LogP contribution in [0.5, 0.6) is 0 Å². The van der Waals surface area contributed by atoms with Gasteiger partial charge in [-0.25, -0.2) is 0 Å². The lowest BCUT2D eigenvalue weighted by atomic mass is 9.79. The normalized spacial score (nSPS) is 26.8. The van der Waals surface area contributed by atoms with Gasteiger partial charge in [0.05, 0.1) is 24.1 Å².